The summed E-state index contributed by atoms with van der Waals surface area (Å²) in [5.41, 5.74) is -3.66. The van der Waals surface area contributed by atoms with Crippen molar-refractivity contribution in [2.45, 2.75) is 24.9 Å². The Balaban J connectivity index is 2.57. The van der Waals surface area contributed by atoms with Crippen molar-refractivity contribution >= 4 is 23.6 Å². The van der Waals surface area contributed by atoms with Crippen molar-refractivity contribution in [1.82, 2.24) is 10.6 Å². The second-order valence-electron chi connectivity index (χ2n) is 5.12. The van der Waals surface area contributed by atoms with Gasteiger partial charge in [-0.15, -0.1) is 0 Å². The molecule has 0 aromatic heterocycles. The van der Waals surface area contributed by atoms with E-state index in [-0.39, 0.29) is 17.2 Å². The lowest BCUT2D eigenvalue weighted by Gasteiger charge is -2.44. The number of halogens is 4. The molecule has 3 N–H and O–H groups in total. The topological polar surface area (TPSA) is 87.7 Å². The molecule has 6 nitrogen and oxygen atoms in total. The zero-order valence-electron chi connectivity index (χ0n) is 12.4. The van der Waals surface area contributed by atoms with Crippen LogP contribution in [0.5, 0.6) is 0 Å². The lowest BCUT2D eigenvalue weighted by molar-refractivity contribution is -0.294. The molecule has 0 radical (unpaired) electrons. The molecule has 1 aromatic rings. The number of rotatable bonds is 3. The van der Waals surface area contributed by atoms with Gasteiger partial charge >= 0.3 is 18.2 Å². The van der Waals surface area contributed by atoms with Gasteiger partial charge in [0, 0.05) is 5.02 Å². The molecule has 10 heteroatoms. The Kier molecular flexibility index (Phi) is 4.95. The van der Waals surface area contributed by atoms with Gasteiger partial charge in [0.15, 0.2) is 0 Å². The molecule has 3 atom stereocenters. The van der Waals surface area contributed by atoms with E-state index in [1.54, 1.807) is 0 Å². The van der Waals surface area contributed by atoms with Crippen LogP contribution in [0, 0.1) is 5.92 Å². The molecule has 1 heterocycles. The van der Waals surface area contributed by atoms with Crippen LogP contribution in [0.2, 0.25) is 5.02 Å². The number of ether oxygens (including phenoxy) is 1. The van der Waals surface area contributed by atoms with Crippen LogP contribution in [-0.4, -0.2) is 35.6 Å². The first-order valence-electron chi connectivity index (χ1n) is 6.90. The minimum Gasteiger partial charge on any atom is -0.466 e. The number of urea groups is 1. The van der Waals surface area contributed by atoms with Gasteiger partial charge in [0.2, 0.25) is 0 Å². The quantitative estimate of drug-likeness (QED) is 0.715. The number of aliphatic hydroxyl groups is 1. The Morgan fingerprint density at radius 2 is 2.12 bits per heavy atom. The summed E-state index contributed by atoms with van der Waals surface area (Å²) in [6.45, 7) is 1.22. The number of carbonyl (C=O) groups excluding carboxylic acids is 2. The van der Waals surface area contributed by atoms with Crippen LogP contribution in [0.3, 0.4) is 0 Å². The van der Waals surface area contributed by atoms with E-state index in [1.165, 1.54) is 36.5 Å². The molecule has 1 aliphatic rings. The van der Waals surface area contributed by atoms with Crippen LogP contribution >= 0.6 is 11.6 Å². The first-order valence-corrected chi connectivity index (χ1v) is 7.28. The summed E-state index contributed by atoms with van der Waals surface area (Å²) in [5, 5.41) is 13.9. The van der Waals surface area contributed by atoms with Gasteiger partial charge in [-0.25, -0.2) is 4.79 Å². The molecule has 0 spiro atoms. The van der Waals surface area contributed by atoms with Crippen LogP contribution in [0.4, 0.5) is 18.0 Å². The predicted octanol–water partition coefficient (Wildman–Crippen LogP) is 2.12. The van der Waals surface area contributed by atoms with Crippen LogP contribution in [0.1, 0.15) is 18.5 Å². The standard InChI is InChI=1S/C14H14ClF3N2O4/c1-2-24-11(21)9-10(7-4-3-5-8(15)6-7)19-12(22)20-13(9,23)14(16,17)18/h3-6,9-10,23H,2H2,1H3,(H2,19,20,22)/t9-,10-,13-/m0/s1. The van der Waals surface area contributed by atoms with E-state index in [4.69, 9.17) is 11.6 Å². The Bertz CT molecular complexity index is 655. The van der Waals surface area contributed by atoms with E-state index in [2.05, 4.69) is 10.1 Å². The molecule has 1 aliphatic heterocycles. The lowest BCUT2D eigenvalue weighted by Crippen LogP contribution is -2.73. The monoisotopic (exact) mass is 366 g/mol. The summed E-state index contributed by atoms with van der Waals surface area (Å²) in [6, 6.07) is 2.83. The summed E-state index contributed by atoms with van der Waals surface area (Å²) in [4.78, 5) is 23.8. The Morgan fingerprint density at radius 3 is 2.67 bits per heavy atom. The van der Waals surface area contributed by atoms with Crippen molar-refractivity contribution in [3.8, 4) is 0 Å². The molecule has 132 valence electrons. The predicted molar refractivity (Wildman–Crippen MR) is 77.0 cm³/mol. The summed E-state index contributed by atoms with van der Waals surface area (Å²) in [5.74, 6) is -3.47. The van der Waals surface area contributed by atoms with Gasteiger partial charge in [-0.3, -0.25) is 4.79 Å². The van der Waals surface area contributed by atoms with Crippen molar-refractivity contribution in [1.29, 1.82) is 0 Å². The van der Waals surface area contributed by atoms with Gasteiger partial charge in [-0.05, 0) is 24.6 Å². The zero-order valence-corrected chi connectivity index (χ0v) is 13.1. The highest BCUT2D eigenvalue weighted by atomic mass is 35.5. The van der Waals surface area contributed by atoms with Crippen molar-refractivity contribution < 1.29 is 32.6 Å². The molecule has 0 saturated carbocycles. The average Bonchev–Trinajstić information content (AvgIpc) is 2.45. The van der Waals surface area contributed by atoms with Gasteiger partial charge in [0.1, 0.15) is 5.92 Å². The Hall–Kier alpha value is -2.00. The molecular formula is C14H14ClF3N2O4. The number of nitrogens with one attached hydrogen (secondary N) is 2. The van der Waals surface area contributed by atoms with Gasteiger partial charge < -0.3 is 20.5 Å². The van der Waals surface area contributed by atoms with Crippen LogP contribution in [-0.2, 0) is 9.53 Å². The number of alkyl halides is 3. The van der Waals surface area contributed by atoms with E-state index < -0.39 is 35.9 Å². The normalized spacial score (nSPS) is 27.2. The number of amides is 2. The van der Waals surface area contributed by atoms with Gasteiger partial charge in [-0.1, -0.05) is 23.7 Å². The smallest absolute Gasteiger partial charge is 0.437 e. The highest BCUT2D eigenvalue weighted by Crippen LogP contribution is 2.43. The van der Waals surface area contributed by atoms with Crippen molar-refractivity contribution in [3.05, 3.63) is 34.9 Å². The molecule has 1 fully saturated rings. The van der Waals surface area contributed by atoms with Gasteiger partial charge in [-0.2, -0.15) is 13.2 Å². The highest BCUT2D eigenvalue weighted by Gasteiger charge is 2.67. The van der Waals surface area contributed by atoms with E-state index in [0.29, 0.717) is 0 Å². The van der Waals surface area contributed by atoms with Crippen molar-refractivity contribution in [3.63, 3.8) is 0 Å². The third-order valence-electron chi connectivity index (χ3n) is 3.55. The summed E-state index contributed by atoms with van der Waals surface area (Å²) in [7, 11) is 0. The van der Waals surface area contributed by atoms with E-state index in [1.807, 2.05) is 0 Å². The fraction of sp³-hybridized carbons (Fsp3) is 0.429. The Morgan fingerprint density at radius 1 is 1.46 bits per heavy atom. The minimum atomic E-state index is -5.31. The molecule has 1 aromatic carbocycles. The van der Waals surface area contributed by atoms with Crippen molar-refractivity contribution in [2.24, 2.45) is 5.92 Å². The molecule has 1 saturated heterocycles. The maximum absolute atomic E-state index is 13.4. The summed E-state index contributed by atoms with van der Waals surface area (Å²) < 4.78 is 44.8. The summed E-state index contributed by atoms with van der Waals surface area (Å²) >= 11 is 5.82. The highest BCUT2D eigenvalue weighted by molar-refractivity contribution is 6.30. The molecule has 0 aliphatic carbocycles. The van der Waals surface area contributed by atoms with Crippen molar-refractivity contribution in [2.75, 3.05) is 6.61 Å². The molecule has 24 heavy (non-hydrogen) atoms. The lowest BCUT2D eigenvalue weighted by atomic mass is 9.82. The molecule has 0 unspecified atom stereocenters. The largest absolute Gasteiger partial charge is 0.466 e. The molecule has 0 bridgehead atoms. The fourth-order valence-electron chi connectivity index (χ4n) is 2.51. The average molecular weight is 367 g/mol. The van der Waals surface area contributed by atoms with E-state index >= 15 is 0 Å². The van der Waals surface area contributed by atoms with E-state index in [0.717, 1.165) is 0 Å². The number of esters is 1. The Labute approximate surface area is 139 Å². The third kappa shape index (κ3) is 3.27. The van der Waals surface area contributed by atoms with Gasteiger partial charge in [0.25, 0.3) is 5.72 Å². The third-order valence-corrected chi connectivity index (χ3v) is 3.79. The van der Waals surface area contributed by atoms with Crippen LogP contribution < -0.4 is 10.6 Å². The zero-order chi connectivity index (χ0) is 18.1. The molecular weight excluding hydrogens is 353 g/mol. The number of benzene rings is 1. The number of carbonyl (C=O) groups is 2. The minimum absolute atomic E-state index is 0.123. The van der Waals surface area contributed by atoms with Gasteiger partial charge in [0.05, 0.1) is 12.6 Å². The second-order valence-corrected chi connectivity index (χ2v) is 5.56. The summed E-state index contributed by atoms with van der Waals surface area (Å²) in [6.07, 6.45) is -5.31. The fourth-order valence-corrected chi connectivity index (χ4v) is 2.71. The van der Waals surface area contributed by atoms with E-state index in [9.17, 15) is 27.9 Å². The second kappa shape index (κ2) is 6.48. The number of hydrogen-bond acceptors (Lipinski definition) is 4. The first-order chi connectivity index (χ1) is 11.1. The maximum Gasteiger partial charge on any atom is 0.437 e. The molecule has 2 amide bonds. The number of hydrogen-bond donors (Lipinski definition) is 3. The SMILES string of the molecule is CCOC(=O)[C@@H]1[C@H](c2cccc(Cl)c2)NC(=O)N[C@@]1(O)C(F)(F)F. The van der Waals surface area contributed by atoms with Crippen LogP contribution in [0.25, 0.3) is 0 Å². The molecule has 2 rings (SSSR count). The van der Waals surface area contributed by atoms with Crippen LogP contribution in [0.15, 0.2) is 24.3 Å². The first kappa shape index (κ1) is 18.3. The maximum atomic E-state index is 13.4.